The second-order valence-corrected chi connectivity index (χ2v) is 3.05. The molecule has 6 heteroatoms. The van der Waals surface area contributed by atoms with E-state index >= 15 is 0 Å². The maximum absolute atomic E-state index is 10.5. The van der Waals surface area contributed by atoms with Crippen LogP contribution in [-0.2, 0) is 4.74 Å². The number of anilines is 1. The molecule has 1 aromatic heterocycles. The zero-order chi connectivity index (χ0) is 11.3. The van der Waals surface area contributed by atoms with Crippen LogP contribution >= 0.6 is 0 Å². The fraction of sp³-hybridized carbons (Fsp3) is 0.556. The SMILES string of the molecule is CCOCC(C)Nc1nc(C(=O)O)co1. The van der Waals surface area contributed by atoms with Crippen LogP contribution in [0.15, 0.2) is 10.7 Å². The fourth-order valence-corrected chi connectivity index (χ4v) is 0.985. The number of nitrogens with one attached hydrogen (secondary N) is 1. The minimum absolute atomic E-state index is 0.0187. The van der Waals surface area contributed by atoms with Gasteiger partial charge in [0.15, 0.2) is 5.69 Å². The van der Waals surface area contributed by atoms with Gasteiger partial charge in [-0.15, -0.1) is 0 Å². The van der Waals surface area contributed by atoms with Gasteiger partial charge in [0.05, 0.1) is 12.6 Å². The topological polar surface area (TPSA) is 84.6 Å². The summed E-state index contributed by atoms with van der Waals surface area (Å²) in [5.74, 6) is -1.11. The summed E-state index contributed by atoms with van der Waals surface area (Å²) in [6, 6.07) is 0.213. The third-order valence-corrected chi connectivity index (χ3v) is 1.67. The average Bonchev–Trinajstić information content (AvgIpc) is 2.63. The first-order valence-electron chi connectivity index (χ1n) is 4.66. The van der Waals surface area contributed by atoms with Crippen molar-refractivity contribution < 1.29 is 19.1 Å². The zero-order valence-electron chi connectivity index (χ0n) is 8.69. The highest BCUT2D eigenvalue weighted by molar-refractivity contribution is 5.85. The van der Waals surface area contributed by atoms with Crippen molar-refractivity contribution in [3.05, 3.63) is 12.0 Å². The summed E-state index contributed by atoms with van der Waals surface area (Å²) < 4.78 is 10.1. The Morgan fingerprint density at radius 3 is 3.07 bits per heavy atom. The van der Waals surface area contributed by atoms with Crippen LogP contribution in [0.25, 0.3) is 0 Å². The predicted molar refractivity (Wildman–Crippen MR) is 53.0 cm³/mol. The Morgan fingerprint density at radius 1 is 1.80 bits per heavy atom. The number of carbonyl (C=O) groups is 1. The van der Waals surface area contributed by atoms with Crippen LogP contribution in [0, 0.1) is 0 Å². The minimum Gasteiger partial charge on any atom is -0.476 e. The Bertz CT molecular complexity index is 324. The van der Waals surface area contributed by atoms with E-state index in [-0.39, 0.29) is 17.8 Å². The van der Waals surface area contributed by atoms with E-state index in [9.17, 15) is 4.79 Å². The van der Waals surface area contributed by atoms with Crippen molar-refractivity contribution in [3.8, 4) is 0 Å². The van der Waals surface area contributed by atoms with Gasteiger partial charge in [-0.1, -0.05) is 0 Å². The maximum Gasteiger partial charge on any atom is 0.357 e. The normalized spacial score (nSPS) is 12.4. The monoisotopic (exact) mass is 214 g/mol. The molecule has 1 rings (SSSR count). The van der Waals surface area contributed by atoms with E-state index < -0.39 is 5.97 Å². The largest absolute Gasteiger partial charge is 0.476 e. The third-order valence-electron chi connectivity index (χ3n) is 1.67. The number of aromatic nitrogens is 1. The van der Waals surface area contributed by atoms with Crippen LogP contribution in [0.3, 0.4) is 0 Å². The van der Waals surface area contributed by atoms with E-state index in [0.717, 1.165) is 6.26 Å². The average molecular weight is 214 g/mol. The molecule has 0 saturated heterocycles. The molecule has 0 aliphatic rings. The van der Waals surface area contributed by atoms with E-state index in [1.165, 1.54) is 0 Å². The highest BCUT2D eigenvalue weighted by atomic mass is 16.5. The molecule has 84 valence electrons. The molecule has 2 N–H and O–H groups in total. The molecule has 0 aliphatic heterocycles. The summed E-state index contributed by atoms with van der Waals surface area (Å²) >= 11 is 0. The number of nitrogens with zero attached hydrogens (tertiary/aromatic N) is 1. The number of rotatable bonds is 6. The molecule has 0 bridgehead atoms. The molecule has 1 aromatic rings. The van der Waals surface area contributed by atoms with E-state index in [4.69, 9.17) is 14.3 Å². The van der Waals surface area contributed by atoms with Crippen LogP contribution in [0.1, 0.15) is 24.3 Å². The number of hydrogen-bond acceptors (Lipinski definition) is 5. The van der Waals surface area contributed by atoms with Gasteiger partial charge >= 0.3 is 5.97 Å². The molecule has 0 aromatic carbocycles. The minimum atomic E-state index is -1.11. The van der Waals surface area contributed by atoms with Gasteiger partial charge in [0.25, 0.3) is 6.01 Å². The van der Waals surface area contributed by atoms with Crippen molar-refractivity contribution in [2.45, 2.75) is 19.9 Å². The second kappa shape index (κ2) is 5.35. The molecule has 1 heterocycles. The van der Waals surface area contributed by atoms with Gasteiger partial charge in [0.1, 0.15) is 6.26 Å². The number of aromatic carboxylic acids is 1. The molecule has 6 nitrogen and oxygen atoms in total. The molecule has 0 aliphatic carbocycles. The first-order chi connectivity index (χ1) is 7.13. The number of oxazole rings is 1. The van der Waals surface area contributed by atoms with Gasteiger partial charge in [-0.25, -0.2) is 4.79 Å². The molecule has 15 heavy (non-hydrogen) atoms. The highest BCUT2D eigenvalue weighted by Gasteiger charge is 2.11. The molecular weight excluding hydrogens is 200 g/mol. The number of ether oxygens (including phenoxy) is 1. The van der Waals surface area contributed by atoms with Crippen LogP contribution in [0.2, 0.25) is 0 Å². The van der Waals surface area contributed by atoms with Crippen LogP contribution in [0.4, 0.5) is 6.01 Å². The van der Waals surface area contributed by atoms with E-state index in [0.29, 0.717) is 13.2 Å². The molecule has 0 amide bonds. The first-order valence-corrected chi connectivity index (χ1v) is 4.66. The molecule has 0 radical (unpaired) electrons. The van der Waals surface area contributed by atoms with Gasteiger partial charge in [0, 0.05) is 6.61 Å². The van der Waals surface area contributed by atoms with Gasteiger partial charge < -0.3 is 19.6 Å². The molecule has 1 unspecified atom stereocenters. The Labute approximate surface area is 87.3 Å². The van der Waals surface area contributed by atoms with Crippen molar-refractivity contribution in [2.24, 2.45) is 0 Å². The smallest absolute Gasteiger partial charge is 0.357 e. The number of carboxylic acid groups (broad SMARTS) is 1. The molecule has 0 fully saturated rings. The van der Waals surface area contributed by atoms with Gasteiger partial charge in [-0.3, -0.25) is 0 Å². The predicted octanol–water partition coefficient (Wildman–Crippen LogP) is 1.21. The lowest BCUT2D eigenvalue weighted by Crippen LogP contribution is -2.21. The summed E-state index contributed by atoms with van der Waals surface area (Å²) in [5, 5.41) is 11.5. The van der Waals surface area contributed by atoms with Crippen molar-refractivity contribution in [1.29, 1.82) is 0 Å². The number of hydrogen-bond donors (Lipinski definition) is 2. The van der Waals surface area contributed by atoms with Crippen molar-refractivity contribution in [2.75, 3.05) is 18.5 Å². The van der Waals surface area contributed by atoms with Gasteiger partial charge in [-0.2, -0.15) is 4.98 Å². The maximum atomic E-state index is 10.5. The Balaban J connectivity index is 2.46. The molecule has 0 spiro atoms. The Kier molecular flexibility index (Phi) is 4.11. The van der Waals surface area contributed by atoms with Gasteiger partial charge in [0.2, 0.25) is 0 Å². The Hall–Kier alpha value is -1.56. The summed E-state index contributed by atoms with van der Waals surface area (Å²) in [5.41, 5.74) is -0.110. The summed E-state index contributed by atoms with van der Waals surface area (Å²) in [7, 11) is 0. The van der Waals surface area contributed by atoms with Crippen LogP contribution < -0.4 is 5.32 Å². The molecule has 0 saturated carbocycles. The van der Waals surface area contributed by atoms with Crippen molar-refractivity contribution >= 4 is 12.0 Å². The summed E-state index contributed by atoms with van der Waals surface area (Å²) in [4.78, 5) is 14.2. The standard InChI is InChI=1S/C9H14N2O4/c1-3-14-4-6(2)10-9-11-7(5-15-9)8(12)13/h5-6H,3-4H2,1-2H3,(H,10,11)(H,12,13). The second-order valence-electron chi connectivity index (χ2n) is 3.05. The summed E-state index contributed by atoms with van der Waals surface area (Å²) in [6.07, 6.45) is 1.10. The van der Waals surface area contributed by atoms with E-state index in [2.05, 4.69) is 10.3 Å². The van der Waals surface area contributed by atoms with Gasteiger partial charge in [-0.05, 0) is 13.8 Å². The molecular formula is C9H14N2O4. The van der Waals surface area contributed by atoms with Crippen LogP contribution in [0.5, 0.6) is 0 Å². The van der Waals surface area contributed by atoms with Crippen molar-refractivity contribution in [3.63, 3.8) is 0 Å². The third kappa shape index (κ3) is 3.59. The van der Waals surface area contributed by atoms with E-state index in [1.54, 1.807) is 0 Å². The summed E-state index contributed by atoms with van der Waals surface area (Å²) in [6.45, 7) is 4.94. The Morgan fingerprint density at radius 2 is 2.53 bits per heavy atom. The fourth-order valence-electron chi connectivity index (χ4n) is 0.985. The van der Waals surface area contributed by atoms with Crippen LogP contribution in [-0.4, -0.2) is 35.3 Å². The lowest BCUT2D eigenvalue weighted by molar-refractivity contribution is 0.0690. The zero-order valence-corrected chi connectivity index (χ0v) is 8.69. The highest BCUT2D eigenvalue weighted by Crippen LogP contribution is 2.08. The van der Waals surface area contributed by atoms with Crippen molar-refractivity contribution in [1.82, 2.24) is 4.98 Å². The van der Waals surface area contributed by atoms with E-state index in [1.807, 2.05) is 13.8 Å². The quantitative estimate of drug-likeness (QED) is 0.740. The number of carboxylic acids is 1. The molecule has 1 atom stereocenters. The lowest BCUT2D eigenvalue weighted by Gasteiger charge is -2.10. The first kappa shape index (κ1) is 11.5. The lowest BCUT2D eigenvalue weighted by atomic mass is 10.4.